The number of allylic oxidation sites excluding steroid dienone is 4. The first kappa shape index (κ1) is 20.0. The van der Waals surface area contributed by atoms with E-state index in [1.807, 2.05) is 30.4 Å². The van der Waals surface area contributed by atoms with Crippen molar-refractivity contribution in [3.63, 3.8) is 0 Å². The third-order valence-electron chi connectivity index (χ3n) is 4.69. The number of halogens is 2. The lowest BCUT2D eigenvalue weighted by Gasteiger charge is -2.26. The quantitative estimate of drug-likeness (QED) is 0.672. The summed E-state index contributed by atoms with van der Waals surface area (Å²) in [7, 11) is 1.38. The van der Waals surface area contributed by atoms with Crippen LogP contribution in [0.2, 0.25) is 5.02 Å². The van der Waals surface area contributed by atoms with Gasteiger partial charge >= 0.3 is 5.97 Å². The van der Waals surface area contributed by atoms with Crippen LogP contribution in [-0.4, -0.2) is 18.2 Å². The van der Waals surface area contributed by atoms with E-state index < -0.39 is 6.10 Å². The highest BCUT2D eigenvalue weighted by atomic mass is 35.5. The number of methoxy groups -OCH3 is 1. The maximum Gasteiger partial charge on any atom is 0.308 e. The van der Waals surface area contributed by atoms with E-state index in [-0.39, 0.29) is 23.7 Å². The normalized spacial score (nSPS) is 22.2. The summed E-state index contributed by atoms with van der Waals surface area (Å²) in [5.41, 5.74) is 1.84. The second-order valence-corrected chi connectivity index (χ2v) is 7.46. The van der Waals surface area contributed by atoms with Gasteiger partial charge in [0.2, 0.25) is 0 Å². The zero-order valence-electron chi connectivity index (χ0n) is 14.7. The number of esters is 1. The highest BCUT2D eigenvalue weighted by Gasteiger charge is 2.25. The van der Waals surface area contributed by atoms with Crippen LogP contribution in [0.15, 0.2) is 41.5 Å². The highest BCUT2D eigenvalue weighted by molar-refractivity contribution is 6.31. The van der Waals surface area contributed by atoms with Crippen LogP contribution in [-0.2, 0) is 9.53 Å². The van der Waals surface area contributed by atoms with Gasteiger partial charge in [0.25, 0.3) is 0 Å². The van der Waals surface area contributed by atoms with Crippen molar-refractivity contribution in [3.05, 3.63) is 57.6 Å². The summed E-state index contributed by atoms with van der Waals surface area (Å²) in [4.78, 5) is 11.5. The molecule has 3 nitrogen and oxygen atoms in total. The topological polar surface area (TPSA) is 46.5 Å². The second-order valence-electron chi connectivity index (χ2n) is 6.59. The highest BCUT2D eigenvalue weighted by Crippen LogP contribution is 2.38. The van der Waals surface area contributed by atoms with Gasteiger partial charge in [-0.15, -0.1) is 0 Å². The number of hydrogen-bond donors (Lipinski definition) is 1. The third kappa shape index (κ3) is 5.10. The van der Waals surface area contributed by atoms with Crippen molar-refractivity contribution in [2.75, 3.05) is 7.11 Å². The van der Waals surface area contributed by atoms with Crippen LogP contribution >= 0.6 is 23.2 Å². The van der Waals surface area contributed by atoms with Crippen molar-refractivity contribution in [3.8, 4) is 0 Å². The molecule has 25 heavy (non-hydrogen) atoms. The van der Waals surface area contributed by atoms with Gasteiger partial charge in [0.15, 0.2) is 0 Å². The summed E-state index contributed by atoms with van der Waals surface area (Å²) >= 11 is 12.3. The largest absolute Gasteiger partial charge is 0.469 e. The maximum atomic E-state index is 11.5. The van der Waals surface area contributed by atoms with Crippen molar-refractivity contribution < 1.29 is 14.6 Å². The van der Waals surface area contributed by atoms with Gasteiger partial charge < -0.3 is 9.84 Å². The first-order valence-electron chi connectivity index (χ1n) is 8.44. The molecule has 5 heteroatoms. The molecule has 0 aromatic heterocycles. The Balaban J connectivity index is 2.21. The summed E-state index contributed by atoms with van der Waals surface area (Å²) in [6, 6.07) is 5.56. The lowest BCUT2D eigenvalue weighted by molar-refractivity contribution is -0.145. The monoisotopic (exact) mass is 382 g/mol. The third-order valence-corrected chi connectivity index (χ3v) is 5.18. The molecule has 4 atom stereocenters. The second kappa shape index (κ2) is 8.88. The van der Waals surface area contributed by atoms with Crippen LogP contribution in [0.5, 0.6) is 0 Å². The van der Waals surface area contributed by atoms with Gasteiger partial charge in [-0.2, -0.15) is 0 Å². The fourth-order valence-electron chi connectivity index (χ4n) is 3.19. The molecule has 1 aromatic carbocycles. The van der Waals surface area contributed by atoms with Crippen molar-refractivity contribution in [1.29, 1.82) is 0 Å². The molecule has 0 heterocycles. The first-order valence-corrected chi connectivity index (χ1v) is 9.19. The predicted molar refractivity (Wildman–Crippen MR) is 102 cm³/mol. The summed E-state index contributed by atoms with van der Waals surface area (Å²) in [6.07, 6.45) is 6.29. The van der Waals surface area contributed by atoms with Gasteiger partial charge in [-0.1, -0.05) is 55.3 Å². The van der Waals surface area contributed by atoms with Gasteiger partial charge in [-0.05, 0) is 48.1 Å². The minimum Gasteiger partial charge on any atom is -0.469 e. The zero-order valence-corrected chi connectivity index (χ0v) is 16.2. The van der Waals surface area contributed by atoms with Crippen LogP contribution < -0.4 is 0 Å². The zero-order chi connectivity index (χ0) is 18.6. The molecule has 0 amide bonds. The lowest BCUT2D eigenvalue weighted by atomic mass is 9.80. The number of aliphatic hydroxyl groups excluding tert-OH is 1. The molecule has 1 aliphatic carbocycles. The Bertz CT molecular complexity index is 682. The molecule has 1 aromatic rings. The molecule has 0 aliphatic heterocycles. The van der Waals surface area contributed by atoms with E-state index in [0.29, 0.717) is 17.9 Å². The first-order chi connectivity index (χ1) is 11.8. The number of hydrogen-bond acceptors (Lipinski definition) is 3. The number of carbonyl (C=O) groups is 1. The molecule has 2 rings (SSSR count). The van der Waals surface area contributed by atoms with E-state index in [9.17, 15) is 9.90 Å². The van der Waals surface area contributed by atoms with Crippen molar-refractivity contribution >= 4 is 29.2 Å². The molecule has 0 radical (unpaired) electrons. The van der Waals surface area contributed by atoms with Crippen molar-refractivity contribution in [2.45, 2.75) is 38.7 Å². The summed E-state index contributed by atoms with van der Waals surface area (Å²) in [5, 5.41) is 12.1. The lowest BCUT2D eigenvalue weighted by Crippen LogP contribution is -2.16. The number of carbonyl (C=O) groups excluding carboxylic acids is 1. The average Bonchev–Trinajstić information content (AvgIpc) is 2.58. The van der Waals surface area contributed by atoms with Gasteiger partial charge in [0.1, 0.15) is 0 Å². The van der Waals surface area contributed by atoms with E-state index in [2.05, 4.69) is 6.92 Å². The molecule has 0 saturated carbocycles. The Labute approximate surface area is 159 Å². The molecular weight excluding hydrogens is 359 g/mol. The minimum absolute atomic E-state index is 0.101. The van der Waals surface area contributed by atoms with E-state index in [0.717, 1.165) is 16.2 Å². The average molecular weight is 383 g/mol. The molecule has 1 N–H and O–H groups in total. The Morgan fingerprint density at radius 3 is 2.68 bits per heavy atom. The number of rotatable bonds is 6. The van der Waals surface area contributed by atoms with Crippen molar-refractivity contribution in [1.82, 2.24) is 0 Å². The number of benzene rings is 1. The van der Waals surface area contributed by atoms with Gasteiger partial charge in [0.05, 0.1) is 19.1 Å². The SMILES string of the molecule is COC(=O)C(C)CC[C@@H](O)c1ccc(Cl)cc1C1C=CC(Cl)=CC1C. The maximum absolute atomic E-state index is 11.5. The molecule has 0 spiro atoms. The number of ether oxygens (including phenoxy) is 1. The molecule has 1 aliphatic rings. The molecule has 3 unspecified atom stereocenters. The van der Waals surface area contributed by atoms with E-state index >= 15 is 0 Å². The fourth-order valence-corrected chi connectivity index (χ4v) is 3.64. The molecular formula is C20H24Cl2O3. The standard InChI is InChI=1S/C20H24Cl2O3/c1-12(20(24)25-3)4-9-19(23)17-8-6-15(22)11-18(17)16-7-5-14(21)10-13(16)2/h5-8,10-13,16,19,23H,4,9H2,1-3H3/t12?,13?,16?,19-/m1/s1. The summed E-state index contributed by atoms with van der Waals surface area (Å²) < 4.78 is 4.74. The predicted octanol–water partition coefficient (Wildman–Crippen LogP) is 5.37. The molecule has 0 bridgehead atoms. The molecule has 0 fully saturated rings. The Morgan fingerprint density at radius 2 is 2.04 bits per heavy atom. The van der Waals surface area contributed by atoms with Gasteiger partial charge in [0, 0.05) is 16.0 Å². The summed E-state index contributed by atoms with van der Waals surface area (Å²) in [6.45, 7) is 3.90. The van der Waals surface area contributed by atoms with Crippen molar-refractivity contribution in [2.24, 2.45) is 11.8 Å². The van der Waals surface area contributed by atoms with Crippen LogP contribution in [0.3, 0.4) is 0 Å². The van der Waals surface area contributed by atoms with Crippen LogP contribution in [0.1, 0.15) is 49.8 Å². The van der Waals surface area contributed by atoms with Crippen LogP contribution in [0.4, 0.5) is 0 Å². The van der Waals surface area contributed by atoms with E-state index in [1.54, 1.807) is 13.0 Å². The fraction of sp³-hybridized carbons (Fsp3) is 0.450. The van der Waals surface area contributed by atoms with Gasteiger partial charge in [-0.25, -0.2) is 0 Å². The Kier molecular flexibility index (Phi) is 7.12. The number of aliphatic hydroxyl groups is 1. The molecule has 136 valence electrons. The van der Waals surface area contributed by atoms with Crippen LogP contribution in [0.25, 0.3) is 0 Å². The smallest absolute Gasteiger partial charge is 0.308 e. The van der Waals surface area contributed by atoms with E-state index in [1.165, 1.54) is 7.11 Å². The van der Waals surface area contributed by atoms with E-state index in [4.69, 9.17) is 27.9 Å². The van der Waals surface area contributed by atoms with Gasteiger partial charge in [-0.3, -0.25) is 4.79 Å². The van der Waals surface area contributed by atoms with Crippen LogP contribution in [0, 0.1) is 11.8 Å². The Morgan fingerprint density at radius 1 is 1.32 bits per heavy atom. The molecule has 0 saturated heterocycles. The Hall–Kier alpha value is -1.29. The minimum atomic E-state index is -0.665. The summed E-state index contributed by atoms with van der Waals surface area (Å²) in [5.74, 6) is -0.197.